The van der Waals surface area contributed by atoms with E-state index in [2.05, 4.69) is 15.9 Å². The van der Waals surface area contributed by atoms with Gasteiger partial charge in [-0.25, -0.2) is 4.79 Å². The fourth-order valence-electron chi connectivity index (χ4n) is 0.838. The Morgan fingerprint density at radius 3 is 2.69 bits per heavy atom. The van der Waals surface area contributed by atoms with Crippen molar-refractivity contribution in [2.75, 3.05) is 0 Å². The van der Waals surface area contributed by atoms with Gasteiger partial charge in [-0.15, -0.1) is 0 Å². The highest BCUT2D eigenvalue weighted by Crippen LogP contribution is 2.25. The van der Waals surface area contributed by atoms with Crippen LogP contribution >= 0.6 is 38.5 Å². The summed E-state index contributed by atoms with van der Waals surface area (Å²) in [5.41, 5.74) is 0.189. The third-order valence-electron chi connectivity index (χ3n) is 1.44. The van der Waals surface area contributed by atoms with Crippen LogP contribution in [0.15, 0.2) is 16.6 Å². The fourth-order valence-corrected chi connectivity index (χ4v) is 1.72. The molecule has 66 valence electrons. The molecular weight excluding hydrogens is 349 g/mol. The lowest BCUT2D eigenvalue weighted by Crippen LogP contribution is -2.01. The zero-order valence-corrected chi connectivity index (χ0v) is 9.96. The summed E-state index contributed by atoms with van der Waals surface area (Å²) in [6.07, 6.45) is 0. The van der Waals surface area contributed by atoms with Crippen LogP contribution in [0.5, 0.6) is 0 Å². The highest BCUT2D eigenvalue weighted by Gasteiger charge is 2.14. The molecule has 1 aromatic rings. The Labute approximate surface area is 96.6 Å². The minimum atomic E-state index is -1.09. The minimum absolute atomic E-state index is 0.0230. The summed E-state index contributed by atoms with van der Waals surface area (Å²) in [6.45, 7) is 0. The van der Waals surface area contributed by atoms with Crippen molar-refractivity contribution in [2.24, 2.45) is 0 Å². The molecule has 0 saturated carbocycles. The molecule has 1 rings (SSSR count). The van der Waals surface area contributed by atoms with E-state index in [0.717, 1.165) is 3.57 Å². The van der Waals surface area contributed by atoms with Crippen LogP contribution in [0.2, 0.25) is 0 Å². The van der Waals surface area contributed by atoms with Crippen LogP contribution in [-0.2, 0) is 0 Å². The lowest BCUT2D eigenvalue weighted by Gasteiger charge is -2.02. The van der Waals surface area contributed by atoms with Crippen LogP contribution in [-0.4, -0.2) is 11.1 Å². The number of carbonyl (C=O) groups is 1. The van der Waals surface area contributed by atoms with E-state index in [1.165, 1.54) is 6.07 Å². The van der Waals surface area contributed by atoms with Crippen LogP contribution in [0.1, 0.15) is 15.9 Å². The maximum absolute atomic E-state index is 10.7. The normalized spacial score (nSPS) is 9.31. The Kier molecular flexibility index (Phi) is 3.27. The van der Waals surface area contributed by atoms with Gasteiger partial charge in [-0.2, -0.15) is 5.26 Å². The summed E-state index contributed by atoms with van der Waals surface area (Å²) in [7, 11) is 0. The Hall–Kier alpha value is -0.610. The molecule has 0 aromatic heterocycles. The predicted molar refractivity (Wildman–Crippen MR) is 58.5 cm³/mol. The molecule has 1 aromatic carbocycles. The summed E-state index contributed by atoms with van der Waals surface area (Å²) in [5.74, 6) is -1.09. The molecule has 0 amide bonds. The van der Waals surface area contributed by atoms with Crippen molar-refractivity contribution in [1.82, 2.24) is 0 Å². The lowest BCUT2D eigenvalue weighted by molar-refractivity contribution is 0.0696. The van der Waals surface area contributed by atoms with Gasteiger partial charge >= 0.3 is 5.97 Å². The molecule has 0 saturated heterocycles. The van der Waals surface area contributed by atoms with E-state index in [1.54, 1.807) is 6.07 Å². The zero-order valence-electron chi connectivity index (χ0n) is 6.21. The van der Waals surface area contributed by atoms with Gasteiger partial charge in [0.25, 0.3) is 0 Å². The Morgan fingerprint density at radius 1 is 1.62 bits per heavy atom. The molecule has 0 aliphatic rings. The minimum Gasteiger partial charge on any atom is -0.478 e. The van der Waals surface area contributed by atoms with Crippen molar-refractivity contribution >= 4 is 44.5 Å². The quantitative estimate of drug-likeness (QED) is 0.791. The fraction of sp³-hybridized carbons (Fsp3) is 0. The number of nitriles is 1. The Bertz CT molecular complexity index is 411. The molecule has 0 atom stereocenters. The number of nitrogens with zero attached hydrogens (tertiary/aromatic N) is 1. The molecular formula is C8H3BrINO2. The van der Waals surface area contributed by atoms with Crippen LogP contribution < -0.4 is 0 Å². The first-order chi connectivity index (χ1) is 6.07. The summed E-state index contributed by atoms with van der Waals surface area (Å²) >= 11 is 5.19. The molecule has 5 heteroatoms. The summed E-state index contributed by atoms with van der Waals surface area (Å²) in [6, 6.07) is 4.93. The number of halogens is 2. The summed E-state index contributed by atoms with van der Waals surface area (Å²) < 4.78 is 1.36. The number of benzene rings is 1. The first-order valence-corrected chi connectivity index (χ1v) is 5.06. The van der Waals surface area contributed by atoms with Crippen molar-refractivity contribution in [3.05, 3.63) is 31.3 Å². The number of rotatable bonds is 1. The van der Waals surface area contributed by atoms with E-state index in [-0.39, 0.29) is 11.1 Å². The molecule has 0 spiro atoms. The maximum Gasteiger partial charge on any atom is 0.337 e. The largest absolute Gasteiger partial charge is 0.478 e. The van der Waals surface area contributed by atoms with E-state index < -0.39 is 5.97 Å². The van der Waals surface area contributed by atoms with Crippen molar-refractivity contribution in [1.29, 1.82) is 5.26 Å². The monoisotopic (exact) mass is 351 g/mol. The highest BCUT2D eigenvalue weighted by atomic mass is 127. The molecule has 0 heterocycles. The number of aromatic carboxylic acids is 1. The third-order valence-corrected chi connectivity index (χ3v) is 3.90. The second-order valence-corrected chi connectivity index (χ2v) is 4.16. The molecule has 0 aliphatic carbocycles. The van der Waals surface area contributed by atoms with Crippen LogP contribution in [0.3, 0.4) is 0 Å². The van der Waals surface area contributed by atoms with Gasteiger partial charge in [0.15, 0.2) is 0 Å². The van der Waals surface area contributed by atoms with Gasteiger partial charge < -0.3 is 5.11 Å². The Balaban J connectivity index is 3.50. The SMILES string of the molecule is N#Cc1c(C(=O)O)ccc(I)c1Br. The van der Waals surface area contributed by atoms with Crippen molar-refractivity contribution in [3.8, 4) is 6.07 Å². The van der Waals surface area contributed by atoms with Crippen LogP contribution in [0.25, 0.3) is 0 Å². The first kappa shape index (κ1) is 10.5. The van der Waals surface area contributed by atoms with E-state index in [9.17, 15) is 4.79 Å². The van der Waals surface area contributed by atoms with Crippen molar-refractivity contribution in [2.45, 2.75) is 0 Å². The van der Waals surface area contributed by atoms with Gasteiger partial charge in [-0.1, -0.05) is 0 Å². The first-order valence-electron chi connectivity index (χ1n) is 3.19. The van der Waals surface area contributed by atoms with Gasteiger partial charge in [0.05, 0.1) is 11.1 Å². The highest BCUT2D eigenvalue weighted by molar-refractivity contribution is 14.1. The topological polar surface area (TPSA) is 61.1 Å². The average molecular weight is 352 g/mol. The van der Waals surface area contributed by atoms with Gasteiger partial charge in [0.1, 0.15) is 6.07 Å². The number of carboxylic acids is 1. The molecule has 0 bridgehead atoms. The van der Waals surface area contributed by atoms with Crippen LogP contribution in [0, 0.1) is 14.9 Å². The van der Waals surface area contributed by atoms with E-state index in [4.69, 9.17) is 10.4 Å². The molecule has 0 aliphatic heterocycles. The molecule has 0 unspecified atom stereocenters. The van der Waals surface area contributed by atoms with E-state index >= 15 is 0 Å². The number of carboxylic acid groups (broad SMARTS) is 1. The van der Waals surface area contributed by atoms with Gasteiger partial charge in [-0.05, 0) is 50.7 Å². The predicted octanol–water partition coefficient (Wildman–Crippen LogP) is 2.62. The van der Waals surface area contributed by atoms with Crippen molar-refractivity contribution < 1.29 is 9.90 Å². The second kappa shape index (κ2) is 4.07. The second-order valence-electron chi connectivity index (χ2n) is 2.20. The smallest absolute Gasteiger partial charge is 0.337 e. The van der Waals surface area contributed by atoms with E-state index in [0.29, 0.717) is 4.47 Å². The molecule has 3 nitrogen and oxygen atoms in total. The standard InChI is InChI=1S/C8H3BrINO2/c9-7-5(3-11)4(8(12)13)1-2-6(7)10/h1-2H,(H,12,13). The number of hydrogen-bond donors (Lipinski definition) is 1. The van der Waals surface area contributed by atoms with Crippen molar-refractivity contribution in [3.63, 3.8) is 0 Å². The molecule has 0 radical (unpaired) electrons. The molecule has 0 fully saturated rings. The van der Waals surface area contributed by atoms with Crippen LogP contribution in [0.4, 0.5) is 0 Å². The van der Waals surface area contributed by atoms with Gasteiger partial charge in [-0.3, -0.25) is 0 Å². The average Bonchev–Trinajstić information content (AvgIpc) is 2.09. The summed E-state index contributed by atoms with van der Waals surface area (Å²) in [5, 5.41) is 17.5. The van der Waals surface area contributed by atoms with E-state index in [1.807, 2.05) is 28.7 Å². The van der Waals surface area contributed by atoms with Gasteiger partial charge in [0.2, 0.25) is 0 Å². The lowest BCUT2D eigenvalue weighted by atomic mass is 10.1. The maximum atomic E-state index is 10.7. The van der Waals surface area contributed by atoms with Gasteiger partial charge in [0, 0.05) is 8.04 Å². The summed E-state index contributed by atoms with van der Waals surface area (Å²) in [4.78, 5) is 10.7. The number of hydrogen-bond acceptors (Lipinski definition) is 2. The molecule has 13 heavy (non-hydrogen) atoms. The third kappa shape index (κ3) is 2.00. The molecule has 1 N–H and O–H groups in total. The Morgan fingerprint density at radius 2 is 2.23 bits per heavy atom. The zero-order chi connectivity index (χ0) is 10.0.